The van der Waals surface area contributed by atoms with Crippen molar-refractivity contribution in [3.63, 3.8) is 0 Å². The zero-order valence-electron chi connectivity index (χ0n) is 13.7. The largest absolute Gasteiger partial charge is 0.478 e. The Bertz CT molecular complexity index is 933. The number of carbonyl (C=O) groups excluding carboxylic acids is 1. The molecule has 0 radical (unpaired) electrons. The van der Waals surface area contributed by atoms with E-state index in [-0.39, 0.29) is 11.5 Å². The molecule has 1 amide bonds. The molecule has 0 bridgehead atoms. The Balaban J connectivity index is 1.96. The van der Waals surface area contributed by atoms with Crippen LogP contribution in [-0.4, -0.2) is 17.0 Å². The summed E-state index contributed by atoms with van der Waals surface area (Å²) in [5, 5.41) is 12.0. The minimum atomic E-state index is -1.03. The number of amides is 1. The first-order valence-electron chi connectivity index (χ1n) is 7.86. The minimum Gasteiger partial charge on any atom is -0.478 e. The molecule has 0 aliphatic heterocycles. The van der Waals surface area contributed by atoms with E-state index >= 15 is 0 Å². The van der Waals surface area contributed by atoms with E-state index in [0.29, 0.717) is 11.3 Å². The van der Waals surface area contributed by atoms with Crippen molar-refractivity contribution in [2.24, 2.45) is 0 Å². The van der Waals surface area contributed by atoms with E-state index in [1.807, 2.05) is 55.5 Å². The van der Waals surface area contributed by atoms with Gasteiger partial charge < -0.3 is 10.4 Å². The molecule has 4 heteroatoms. The van der Waals surface area contributed by atoms with Crippen LogP contribution in [0.4, 0.5) is 5.69 Å². The molecular weight excluding hydrogens is 314 g/mol. The molecule has 0 unspecified atom stereocenters. The van der Waals surface area contributed by atoms with Gasteiger partial charge in [0.25, 0.3) is 5.91 Å². The quantitative estimate of drug-likeness (QED) is 0.733. The maximum atomic E-state index is 12.8. The Labute approximate surface area is 145 Å². The van der Waals surface area contributed by atoms with E-state index in [9.17, 15) is 9.59 Å². The highest BCUT2D eigenvalue weighted by atomic mass is 16.4. The monoisotopic (exact) mass is 331 g/mol. The topological polar surface area (TPSA) is 66.4 Å². The summed E-state index contributed by atoms with van der Waals surface area (Å²) in [4.78, 5) is 23.9. The van der Waals surface area contributed by atoms with E-state index < -0.39 is 5.97 Å². The summed E-state index contributed by atoms with van der Waals surface area (Å²) in [5.41, 5.74) is 3.74. The molecule has 124 valence electrons. The van der Waals surface area contributed by atoms with Crippen LogP contribution in [-0.2, 0) is 0 Å². The molecule has 0 saturated heterocycles. The van der Waals surface area contributed by atoms with Crippen molar-refractivity contribution in [2.75, 3.05) is 5.32 Å². The standard InChI is InChI=1S/C21H17NO3/c1-14-11-12-16(21(24)25)13-19(14)22-20(23)18-10-6-5-9-17(18)15-7-3-2-4-8-15/h2-13H,1H3,(H,22,23)(H,24,25). The summed E-state index contributed by atoms with van der Waals surface area (Å²) in [5.74, 6) is -1.30. The number of nitrogens with one attached hydrogen (secondary N) is 1. The van der Waals surface area contributed by atoms with Gasteiger partial charge >= 0.3 is 5.97 Å². The highest BCUT2D eigenvalue weighted by Gasteiger charge is 2.14. The number of carboxylic acids is 1. The van der Waals surface area contributed by atoms with Crippen LogP contribution in [0.15, 0.2) is 72.8 Å². The van der Waals surface area contributed by atoms with Crippen molar-refractivity contribution in [1.82, 2.24) is 0 Å². The molecule has 3 rings (SSSR count). The predicted molar refractivity (Wildman–Crippen MR) is 98.0 cm³/mol. The van der Waals surface area contributed by atoms with Crippen LogP contribution in [0.25, 0.3) is 11.1 Å². The fourth-order valence-electron chi connectivity index (χ4n) is 2.63. The third-order valence-corrected chi connectivity index (χ3v) is 3.99. The molecule has 0 atom stereocenters. The maximum absolute atomic E-state index is 12.8. The van der Waals surface area contributed by atoms with Crippen LogP contribution in [0, 0.1) is 6.92 Å². The summed E-state index contributed by atoms with van der Waals surface area (Å²) < 4.78 is 0. The van der Waals surface area contributed by atoms with E-state index in [1.165, 1.54) is 12.1 Å². The predicted octanol–water partition coefficient (Wildman–Crippen LogP) is 4.61. The molecule has 0 heterocycles. The summed E-state index contributed by atoms with van der Waals surface area (Å²) >= 11 is 0. The van der Waals surface area contributed by atoms with E-state index in [2.05, 4.69) is 5.32 Å². The van der Waals surface area contributed by atoms with Crippen molar-refractivity contribution in [3.8, 4) is 11.1 Å². The van der Waals surface area contributed by atoms with Gasteiger partial charge in [0.05, 0.1) is 5.56 Å². The highest BCUT2D eigenvalue weighted by molar-refractivity contribution is 6.09. The number of carboxylic acid groups (broad SMARTS) is 1. The fourth-order valence-corrected chi connectivity index (χ4v) is 2.63. The van der Waals surface area contributed by atoms with Crippen molar-refractivity contribution in [3.05, 3.63) is 89.5 Å². The number of carbonyl (C=O) groups is 2. The average molecular weight is 331 g/mol. The van der Waals surface area contributed by atoms with Gasteiger partial charge in [-0.2, -0.15) is 0 Å². The summed E-state index contributed by atoms with van der Waals surface area (Å²) in [6, 6.07) is 21.7. The van der Waals surface area contributed by atoms with Crippen molar-refractivity contribution < 1.29 is 14.7 Å². The second-order valence-corrected chi connectivity index (χ2v) is 5.70. The maximum Gasteiger partial charge on any atom is 0.335 e. The second-order valence-electron chi connectivity index (χ2n) is 5.70. The molecule has 4 nitrogen and oxygen atoms in total. The molecule has 0 aromatic heterocycles. The number of hydrogen-bond acceptors (Lipinski definition) is 2. The van der Waals surface area contributed by atoms with Gasteiger partial charge in [-0.15, -0.1) is 0 Å². The smallest absolute Gasteiger partial charge is 0.335 e. The molecule has 25 heavy (non-hydrogen) atoms. The minimum absolute atomic E-state index is 0.136. The third kappa shape index (κ3) is 3.58. The molecule has 0 aliphatic rings. The van der Waals surface area contributed by atoms with Gasteiger partial charge in [-0.25, -0.2) is 4.79 Å². The second kappa shape index (κ2) is 7.01. The molecule has 3 aromatic carbocycles. The Morgan fingerprint density at radius 1 is 0.880 bits per heavy atom. The van der Waals surface area contributed by atoms with E-state index in [0.717, 1.165) is 16.7 Å². The van der Waals surface area contributed by atoms with Gasteiger partial charge in [-0.05, 0) is 41.8 Å². The lowest BCUT2D eigenvalue weighted by atomic mass is 9.99. The number of benzene rings is 3. The van der Waals surface area contributed by atoms with Crippen LogP contribution < -0.4 is 5.32 Å². The van der Waals surface area contributed by atoms with Gasteiger partial charge in [0, 0.05) is 11.3 Å². The van der Waals surface area contributed by atoms with Crippen molar-refractivity contribution in [2.45, 2.75) is 6.92 Å². The lowest BCUT2D eigenvalue weighted by Gasteiger charge is -2.12. The van der Waals surface area contributed by atoms with Gasteiger partial charge in [-0.3, -0.25) is 4.79 Å². The lowest BCUT2D eigenvalue weighted by molar-refractivity contribution is 0.0696. The fraction of sp³-hybridized carbons (Fsp3) is 0.0476. The number of aryl methyl sites for hydroxylation is 1. The Morgan fingerprint density at radius 3 is 2.28 bits per heavy atom. The van der Waals surface area contributed by atoms with Crippen LogP contribution in [0.5, 0.6) is 0 Å². The summed E-state index contributed by atoms with van der Waals surface area (Å²) in [6.45, 7) is 1.82. The normalized spacial score (nSPS) is 10.3. The highest BCUT2D eigenvalue weighted by Crippen LogP contribution is 2.25. The van der Waals surface area contributed by atoms with Crippen LogP contribution in [0.2, 0.25) is 0 Å². The van der Waals surface area contributed by atoms with Gasteiger partial charge in [0.2, 0.25) is 0 Å². The number of hydrogen-bond donors (Lipinski definition) is 2. The lowest BCUT2D eigenvalue weighted by Crippen LogP contribution is -2.14. The van der Waals surface area contributed by atoms with Crippen LogP contribution >= 0.6 is 0 Å². The van der Waals surface area contributed by atoms with Gasteiger partial charge in [-0.1, -0.05) is 54.6 Å². The number of rotatable bonds is 4. The van der Waals surface area contributed by atoms with E-state index in [4.69, 9.17) is 5.11 Å². The molecule has 0 fully saturated rings. The van der Waals surface area contributed by atoms with Crippen molar-refractivity contribution in [1.29, 1.82) is 0 Å². The molecule has 3 aromatic rings. The SMILES string of the molecule is Cc1ccc(C(=O)O)cc1NC(=O)c1ccccc1-c1ccccc1. The molecule has 2 N–H and O–H groups in total. The van der Waals surface area contributed by atoms with Crippen LogP contribution in [0.1, 0.15) is 26.3 Å². The molecule has 0 spiro atoms. The molecule has 0 saturated carbocycles. The Hall–Kier alpha value is -3.40. The zero-order valence-corrected chi connectivity index (χ0v) is 13.7. The van der Waals surface area contributed by atoms with E-state index in [1.54, 1.807) is 12.1 Å². The number of anilines is 1. The van der Waals surface area contributed by atoms with Gasteiger partial charge in [0.15, 0.2) is 0 Å². The van der Waals surface area contributed by atoms with Crippen LogP contribution in [0.3, 0.4) is 0 Å². The Morgan fingerprint density at radius 2 is 1.56 bits per heavy atom. The first-order chi connectivity index (χ1) is 12.1. The summed E-state index contributed by atoms with van der Waals surface area (Å²) in [7, 11) is 0. The third-order valence-electron chi connectivity index (χ3n) is 3.99. The number of aromatic carboxylic acids is 1. The molecular formula is C21H17NO3. The summed E-state index contributed by atoms with van der Waals surface area (Å²) in [6.07, 6.45) is 0. The average Bonchev–Trinajstić information content (AvgIpc) is 2.64. The first-order valence-corrected chi connectivity index (χ1v) is 7.86. The molecule has 0 aliphatic carbocycles. The van der Waals surface area contributed by atoms with Crippen molar-refractivity contribution >= 4 is 17.6 Å². The first kappa shape index (κ1) is 16.5. The van der Waals surface area contributed by atoms with Gasteiger partial charge in [0.1, 0.15) is 0 Å². The zero-order chi connectivity index (χ0) is 17.8. The Kier molecular flexibility index (Phi) is 4.61.